The first-order valence-electron chi connectivity index (χ1n) is 5.99. The lowest BCUT2D eigenvalue weighted by molar-refractivity contribution is -0.118. The monoisotopic (exact) mass is 293 g/mol. The average Bonchev–Trinajstić information content (AvgIpc) is 2.42. The van der Waals surface area contributed by atoms with Crippen LogP contribution in [0.3, 0.4) is 0 Å². The lowest BCUT2D eigenvalue weighted by atomic mass is 10.2. The standard InChI is InChI=1S/C15H13ClFNO2/c1-10-6-7-11(8-12(10)16)18-15(19)9-20-14-5-3-2-4-13(14)17/h2-8H,9H2,1H3,(H,18,19). The summed E-state index contributed by atoms with van der Waals surface area (Å²) in [5.74, 6) is -0.837. The molecule has 0 aliphatic rings. The lowest BCUT2D eigenvalue weighted by Crippen LogP contribution is -2.20. The third-order valence-corrected chi connectivity index (χ3v) is 3.06. The fourth-order valence-electron chi connectivity index (χ4n) is 1.57. The van der Waals surface area contributed by atoms with Crippen LogP contribution in [0.2, 0.25) is 5.02 Å². The molecular weight excluding hydrogens is 281 g/mol. The number of rotatable bonds is 4. The van der Waals surface area contributed by atoms with Gasteiger partial charge < -0.3 is 10.1 Å². The molecule has 0 saturated carbocycles. The highest BCUT2D eigenvalue weighted by Gasteiger charge is 2.07. The van der Waals surface area contributed by atoms with Gasteiger partial charge in [-0.05, 0) is 36.8 Å². The number of aryl methyl sites for hydroxylation is 1. The Hall–Kier alpha value is -2.07. The van der Waals surface area contributed by atoms with Gasteiger partial charge in [0, 0.05) is 10.7 Å². The molecule has 0 bridgehead atoms. The number of hydrogen-bond donors (Lipinski definition) is 1. The van der Waals surface area contributed by atoms with Gasteiger partial charge >= 0.3 is 0 Å². The van der Waals surface area contributed by atoms with Crippen LogP contribution < -0.4 is 10.1 Å². The van der Waals surface area contributed by atoms with Crippen LogP contribution in [0.5, 0.6) is 5.75 Å². The van der Waals surface area contributed by atoms with E-state index in [2.05, 4.69) is 5.32 Å². The van der Waals surface area contributed by atoms with Gasteiger partial charge in [0.2, 0.25) is 0 Å². The van der Waals surface area contributed by atoms with E-state index in [9.17, 15) is 9.18 Å². The molecule has 2 rings (SSSR count). The maximum absolute atomic E-state index is 13.3. The number of anilines is 1. The first-order valence-corrected chi connectivity index (χ1v) is 6.37. The molecule has 0 aliphatic heterocycles. The van der Waals surface area contributed by atoms with Gasteiger partial charge in [-0.1, -0.05) is 29.8 Å². The van der Waals surface area contributed by atoms with E-state index in [1.807, 2.05) is 6.92 Å². The number of nitrogens with one attached hydrogen (secondary N) is 1. The van der Waals surface area contributed by atoms with Gasteiger partial charge in [-0.15, -0.1) is 0 Å². The Morgan fingerprint density at radius 1 is 1.30 bits per heavy atom. The Kier molecular flexibility index (Phi) is 4.58. The predicted octanol–water partition coefficient (Wildman–Crippen LogP) is 3.81. The summed E-state index contributed by atoms with van der Waals surface area (Å²) in [5.41, 5.74) is 1.50. The fourth-order valence-corrected chi connectivity index (χ4v) is 1.75. The SMILES string of the molecule is Cc1ccc(NC(=O)COc2ccccc2F)cc1Cl. The van der Waals surface area contributed by atoms with Crippen LogP contribution in [0.25, 0.3) is 0 Å². The smallest absolute Gasteiger partial charge is 0.262 e. The summed E-state index contributed by atoms with van der Waals surface area (Å²) in [6.45, 7) is 1.60. The van der Waals surface area contributed by atoms with Crippen LogP contribution in [-0.4, -0.2) is 12.5 Å². The quantitative estimate of drug-likeness (QED) is 0.931. The molecule has 0 heterocycles. The molecule has 0 atom stereocenters. The van der Waals surface area contributed by atoms with Gasteiger partial charge in [-0.25, -0.2) is 4.39 Å². The van der Waals surface area contributed by atoms with E-state index in [0.717, 1.165) is 5.56 Å². The Bertz CT molecular complexity index is 631. The number of carbonyl (C=O) groups excluding carboxylic acids is 1. The first kappa shape index (κ1) is 14.3. The van der Waals surface area contributed by atoms with E-state index in [1.54, 1.807) is 30.3 Å². The molecule has 104 valence electrons. The summed E-state index contributed by atoms with van der Waals surface area (Å²) in [7, 11) is 0. The molecule has 1 N–H and O–H groups in total. The molecule has 0 radical (unpaired) electrons. The molecule has 0 saturated heterocycles. The van der Waals surface area contributed by atoms with Gasteiger partial charge in [0.1, 0.15) is 0 Å². The minimum atomic E-state index is -0.501. The maximum atomic E-state index is 13.3. The van der Waals surface area contributed by atoms with Crippen molar-refractivity contribution in [2.24, 2.45) is 0 Å². The zero-order chi connectivity index (χ0) is 14.5. The second-order valence-electron chi connectivity index (χ2n) is 4.23. The normalized spacial score (nSPS) is 10.2. The number of carbonyl (C=O) groups is 1. The van der Waals surface area contributed by atoms with E-state index in [4.69, 9.17) is 16.3 Å². The van der Waals surface area contributed by atoms with Crippen LogP contribution in [-0.2, 0) is 4.79 Å². The van der Waals surface area contributed by atoms with E-state index < -0.39 is 5.82 Å². The second kappa shape index (κ2) is 6.39. The Morgan fingerprint density at radius 2 is 2.05 bits per heavy atom. The molecule has 1 amide bonds. The zero-order valence-corrected chi connectivity index (χ0v) is 11.6. The summed E-state index contributed by atoms with van der Waals surface area (Å²) >= 11 is 5.96. The molecule has 0 fully saturated rings. The number of hydrogen-bond acceptors (Lipinski definition) is 2. The summed E-state index contributed by atoms with van der Waals surface area (Å²) in [6.07, 6.45) is 0. The van der Waals surface area contributed by atoms with Crippen LogP contribution in [0, 0.1) is 12.7 Å². The number of ether oxygens (including phenoxy) is 1. The predicted molar refractivity (Wildman–Crippen MR) is 76.7 cm³/mol. The van der Waals surface area contributed by atoms with Crippen LogP contribution in [0.4, 0.5) is 10.1 Å². The topological polar surface area (TPSA) is 38.3 Å². The van der Waals surface area contributed by atoms with Gasteiger partial charge in [0.25, 0.3) is 5.91 Å². The largest absolute Gasteiger partial charge is 0.481 e. The number of amides is 1. The summed E-state index contributed by atoms with van der Waals surface area (Å²) in [4.78, 5) is 11.7. The van der Waals surface area contributed by atoms with Gasteiger partial charge in [0.15, 0.2) is 18.2 Å². The first-order chi connectivity index (χ1) is 9.56. The van der Waals surface area contributed by atoms with Gasteiger partial charge in [0.05, 0.1) is 0 Å². The second-order valence-corrected chi connectivity index (χ2v) is 4.64. The Morgan fingerprint density at radius 3 is 2.75 bits per heavy atom. The molecule has 3 nitrogen and oxygen atoms in total. The van der Waals surface area contributed by atoms with Crippen molar-refractivity contribution in [1.29, 1.82) is 0 Å². The highest BCUT2D eigenvalue weighted by Crippen LogP contribution is 2.20. The molecule has 2 aromatic carbocycles. The number of para-hydroxylation sites is 1. The van der Waals surface area contributed by atoms with E-state index >= 15 is 0 Å². The molecule has 0 aromatic heterocycles. The van der Waals surface area contributed by atoms with E-state index in [0.29, 0.717) is 10.7 Å². The summed E-state index contributed by atoms with van der Waals surface area (Å²) in [5, 5.41) is 3.20. The third kappa shape index (κ3) is 3.71. The molecule has 0 aliphatic carbocycles. The number of benzene rings is 2. The summed E-state index contributed by atoms with van der Waals surface area (Å²) < 4.78 is 18.4. The van der Waals surface area contributed by atoms with Crippen LogP contribution >= 0.6 is 11.6 Å². The van der Waals surface area contributed by atoms with Crippen molar-refractivity contribution in [2.75, 3.05) is 11.9 Å². The van der Waals surface area contributed by atoms with Crippen molar-refractivity contribution in [2.45, 2.75) is 6.92 Å². The Balaban J connectivity index is 1.93. The Labute approximate surface area is 121 Å². The minimum absolute atomic E-state index is 0.0459. The van der Waals surface area contributed by atoms with Crippen molar-refractivity contribution < 1.29 is 13.9 Å². The van der Waals surface area contributed by atoms with E-state index in [1.165, 1.54) is 12.1 Å². The third-order valence-electron chi connectivity index (χ3n) is 2.65. The molecule has 20 heavy (non-hydrogen) atoms. The average molecular weight is 294 g/mol. The highest BCUT2D eigenvalue weighted by molar-refractivity contribution is 6.31. The molecule has 5 heteroatoms. The van der Waals surface area contributed by atoms with E-state index in [-0.39, 0.29) is 18.3 Å². The lowest BCUT2D eigenvalue weighted by Gasteiger charge is -2.09. The molecule has 0 unspecified atom stereocenters. The van der Waals surface area contributed by atoms with Crippen molar-refractivity contribution in [1.82, 2.24) is 0 Å². The van der Waals surface area contributed by atoms with Crippen molar-refractivity contribution in [3.63, 3.8) is 0 Å². The van der Waals surface area contributed by atoms with Crippen LogP contribution in [0.15, 0.2) is 42.5 Å². The summed E-state index contributed by atoms with van der Waals surface area (Å²) in [6, 6.07) is 11.1. The zero-order valence-electron chi connectivity index (χ0n) is 10.8. The van der Waals surface area contributed by atoms with Crippen molar-refractivity contribution in [3.05, 3.63) is 58.9 Å². The van der Waals surface area contributed by atoms with Crippen LogP contribution in [0.1, 0.15) is 5.56 Å². The highest BCUT2D eigenvalue weighted by atomic mass is 35.5. The fraction of sp³-hybridized carbons (Fsp3) is 0.133. The minimum Gasteiger partial charge on any atom is -0.481 e. The molecule has 0 spiro atoms. The van der Waals surface area contributed by atoms with Gasteiger partial charge in [-0.2, -0.15) is 0 Å². The van der Waals surface area contributed by atoms with Gasteiger partial charge in [-0.3, -0.25) is 4.79 Å². The molecular formula is C15H13ClFNO2. The van der Waals surface area contributed by atoms with Crippen molar-refractivity contribution in [3.8, 4) is 5.75 Å². The molecule has 2 aromatic rings. The number of halogens is 2. The van der Waals surface area contributed by atoms with Crippen molar-refractivity contribution >= 4 is 23.2 Å². The maximum Gasteiger partial charge on any atom is 0.262 e.